The number of nitrogens with one attached hydrogen (secondary N) is 2. The second kappa shape index (κ2) is 8.53. The van der Waals surface area contributed by atoms with Gasteiger partial charge in [-0.15, -0.1) is 0 Å². The average Bonchev–Trinajstić information content (AvgIpc) is 2.41. The number of ether oxygens (including phenoxy) is 1. The van der Waals surface area contributed by atoms with Crippen molar-refractivity contribution in [1.29, 1.82) is 0 Å². The molecule has 1 rings (SSSR count). The molecule has 0 fully saturated rings. The van der Waals surface area contributed by atoms with Gasteiger partial charge in [-0.3, -0.25) is 4.79 Å². The van der Waals surface area contributed by atoms with Crippen molar-refractivity contribution in [3.05, 3.63) is 29.8 Å². The van der Waals surface area contributed by atoms with E-state index in [0.29, 0.717) is 6.54 Å². The maximum absolute atomic E-state index is 11.5. The molecule has 1 aromatic rings. The fourth-order valence-electron chi connectivity index (χ4n) is 1.62. The van der Waals surface area contributed by atoms with Crippen molar-refractivity contribution in [2.75, 3.05) is 26.7 Å². The number of benzene rings is 1. The fraction of sp³-hybridized carbons (Fsp3) is 0.500. The van der Waals surface area contributed by atoms with Gasteiger partial charge in [-0.1, -0.05) is 25.1 Å². The van der Waals surface area contributed by atoms with E-state index in [4.69, 9.17) is 4.74 Å². The highest BCUT2D eigenvalue weighted by Gasteiger charge is 2.04. The molecule has 0 spiro atoms. The van der Waals surface area contributed by atoms with Crippen molar-refractivity contribution in [3.63, 3.8) is 0 Å². The zero-order chi connectivity index (χ0) is 13.2. The van der Waals surface area contributed by atoms with Gasteiger partial charge in [-0.05, 0) is 38.1 Å². The predicted molar refractivity (Wildman–Crippen MR) is 72.9 cm³/mol. The van der Waals surface area contributed by atoms with Crippen LogP contribution in [0.1, 0.15) is 18.9 Å². The maximum Gasteiger partial charge on any atom is 0.257 e. The van der Waals surface area contributed by atoms with Crippen LogP contribution in [0.25, 0.3) is 0 Å². The minimum absolute atomic E-state index is 0.0722. The van der Waals surface area contributed by atoms with E-state index in [9.17, 15) is 4.79 Å². The summed E-state index contributed by atoms with van der Waals surface area (Å²) < 4.78 is 5.52. The highest BCUT2D eigenvalue weighted by molar-refractivity contribution is 5.77. The molecule has 0 aliphatic carbocycles. The minimum atomic E-state index is -0.0722. The normalized spacial score (nSPS) is 10.1. The molecule has 1 amide bonds. The van der Waals surface area contributed by atoms with Crippen LogP contribution in [0.2, 0.25) is 0 Å². The number of rotatable bonds is 8. The molecule has 0 saturated carbocycles. The summed E-state index contributed by atoms with van der Waals surface area (Å²) in [5, 5.41) is 5.85. The molecule has 18 heavy (non-hydrogen) atoms. The Morgan fingerprint density at radius 1 is 1.28 bits per heavy atom. The molecular weight excluding hydrogens is 228 g/mol. The lowest BCUT2D eigenvalue weighted by Gasteiger charge is -2.10. The van der Waals surface area contributed by atoms with Crippen molar-refractivity contribution in [1.82, 2.24) is 10.6 Å². The Labute approximate surface area is 109 Å². The molecule has 4 heteroatoms. The third kappa shape index (κ3) is 5.19. The van der Waals surface area contributed by atoms with Crippen LogP contribution in [-0.2, 0) is 11.2 Å². The van der Waals surface area contributed by atoms with Gasteiger partial charge < -0.3 is 15.4 Å². The van der Waals surface area contributed by atoms with E-state index in [1.165, 1.54) is 0 Å². The van der Waals surface area contributed by atoms with Gasteiger partial charge in [0.05, 0.1) is 0 Å². The summed E-state index contributed by atoms with van der Waals surface area (Å²) in [6, 6.07) is 7.80. The zero-order valence-corrected chi connectivity index (χ0v) is 11.2. The van der Waals surface area contributed by atoms with Crippen LogP contribution in [0, 0.1) is 0 Å². The number of carbonyl (C=O) groups is 1. The van der Waals surface area contributed by atoms with Crippen LogP contribution >= 0.6 is 0 Å². The Bertz CT molecular complexity index is 367. The molecule has 0 atom stereocenters. The van der Waals surface area contributed by atoms with Gasteiger partial charge in [0, 0.05) is 6.54 Å². The van der Waals surface area contributed by atoms with E-state index < -0.39 is 0 Å². The lowest BCUT2D eigenvalue weighted by Crippen LogP contribution is -2.31. The minimum Gasteiger partial charge on any atom is -0.483 e. The number of hydrogen-bond donors (Lipinski definition) is 2. The quantitative estimate of drug-likeness (QED) is 0.685. The Balaban J connectivity index is 2.29. The summed E-state index contributed by atoms with van der Waals surface area (Å²) in [5.74, 6) is 0.724. The first-order chi connectivity index (χ1) is 8.77. The molecule has 0 aromatic heterocycles. The first kappa shape index (κ1) is 14.5. The fourth-order valence-corrected chi connectivity index (χ4v) is 1.62. The standard InChI is InChI=1S/C14H22N2O2/c1-3-12-7-4-5-8-13(12)18-11-14(17)16-10-6-9-15-2/h4-5,7-8,15H,3,6,9-11H2,1-2H3,(H,16,17). The van der Waals surface area contributed by atoms with Gasteiger partial charge in [0.2, 0.25) is 0 Å². The van der Waals surface area contributed by atoms with Crippen molar-refractivity contribution < 1.29 is 9.53 Å². The molecule has 1 aromatic carbocycles. The second-order valence-electron chi connectivity index (χ2n) is 4.06. The molecule has 2 N–H and O–H groups in total. The molecule has 0 heterocycles. The van der Waals surface area contributed by atoms with E-state index in [2.05, 4.69) is 17.6 Å². The summed E-state index contributed by atoms with van der Waals surface area (Å²) >= 11 is 0. The molecule has 0 aliphatic heterocycles. The number of aryl methyl sites for hydroxylation is 1. The van der Waals surface area contributed by atoms with Crippen LogP contribution in [0.4, 0.5) is 0 Å². The first-order valence-corrected chi connectivity index (χ1v) is 6.40. The molecule has 4 nitrogen and oxygen atoms in total. The summed E-state index contributed by atoms with van der Waals surface area (Å²) in [5.41, 5.74) is 1.13. The summed E-state index contributed by atoms with van der Waals surface area (Å²) in [6.07, 6.45) is 1.83. The van der Waals surface area contributed by atoms with E-state index in [-0.39, 0.29) is 12.5 Å². The molecule has 0 aliphatic rings. The molecule has 100 valence electrons. The Kier molecular flexibility index (Phi) is 6.87. The van der Waals surface area contributed by atoms with Crippen LogP contribution < -0.4 is 15.4 Å². The van der Waals surface area contributed by atoms with Gasteiger partial charge in [0.1, 0.15) is 5.75 Å². The van der Waals surface area contributed by atoms with Crippen LogP contribution in [0.5, 0.6) is 5.75 Å². The van der Waals surface area contributed by atoms with Crippen LogP contribution in [0.3, 0.4) is 0 Å². The molecule has 0 saturated heterocycles. The lowest BCUT2D eigenvalue weighted by atomic mass is 10.1. The van der Waals surface area contributed by atoms with Crippen molar-refractivity contribution >= 4 is 5.91 Å². The van der Waals surface area contributed by atoms with Crippen molar-refractivity contribution in [3.8, 4) is 5.75 Å². The Morgan fingerprint density at radius 3 is 2.78 bits per heavy atom. The summed E-state index contributed by atoms with van der Waals surface area (Å²) in [6.45, 7) is 3.73. The Morgan fingerprint density at radius 2 is 2.06 bits per heavy atom. The maximum atomic E-state index is 11.5. The van der Waals surface area contributed by atoms with Crippen molar-refractivity contribution in [2.45, 2.75) is 19.8 Å². The van der Waals surface area contributed by atoms with Gasteiger partial charge >= 0.3 is 0 Å². The number of para-hydroxylation sites is 1. The topological polar surface area (TPSA) is 50.4 Å². The highest BCUT2D eigenvalue weighted by atomic mass is 16.5. The predicted octanol–water partition coefficient (Wildman–Crippen LogP) is 1.35. The molecule has 0 bridgehead atoms. The van der Waals surface area contributed by atoms with E-state index >= 15 is 0 Å². The largest absolute Gasteiger partial charge is 0.483 e. The summed E-state index contributed by atoms with van der Waals surface area (Å²) in [7, 11) is 1.90. The van der Waals surface area contributed by atoms with Gasteiger partial charge in [0.15, 0.2) is 6.61 Å². The molecular formula is C14H22N2O2. The summed E-state index contributed by atoms with van der Waals surface area (Å²) in [4.78, 5) is 11.5. The third-order valence-corrected chi connectivity index (χ3v) is 2.64. The van der Waals surface area contributed by atoms with Crippen molar-refractivity contribution in [2.24, 2.45) is 0 Å². The van der Waals surface area contributed by atoms with Crippen LogP contribution in [-0.4, -0.2) is 32.7 Å². The monoisotopic (exact) mass is 250 g/mol. The molecule has 0 radical (unpaired) electrons. The zero-order valence-electron chi connectivity index (χ0n) is 11.2. The van der Waals surface area contributed by atoms with Crippen LogP contribution in [0.15, 0.2) is 24.3 Å². The Hall–Kier alpha value is -1.55. The van der Waals surface area contributed by atoms with E-state index in [0.717, 1.165) is 30.7 Å². The second-order valence-corrected chi connectivity index (χ2v) is 4.06. The lowest BCUT2D eigenvalue weighted by molar-refractivity contribution is -0.123. The van der Waals surface area contributed by atoms with Gasteiger partial charge in [0.25, 0.3) is 5.91 Å². The third-order valence-electron chi connectivity index (χ3n) is 2.64. The highest BCUT2D eigenvalue weighted by Crippen LogP contribution is 2.17. The average molecular weight is 250 g/mol. The number of amides is 1. The number of carbonyl (C=O) groups excluding carboxylic acids is 1. The smallest absolute Gasteiger partial charge is 0.257 e. The SMILES string of the molecule is CCc1ccccc1OCC(=O)NCCCNC. The number of hydrogen-bond acceptors (Lipinski definition) is 3. The molecule has 0 unspecified atom stereocenters. The van der Waals surface area contributed by atoms with E-state index in [1.807, 2.05) is 31.3 Å². The van der Waals surface area contributed by atoms with Gasteiger partial charge in [-0.25, -0.2) is 0 Å². The first-order valence-electron chi connectivity index (χ1n) is 6.40. The van der Waals surface area contributed by atoms with Gasteiger partial charge in [-0.2, -0.15) is 0 Å². The van der Waals surface area contributed by atoms with E-state index in [1.54, 1.807) is 0 Å².